The first-order valence-corrected chi connectivity index (χ1v) is 12.6. The molecule has 33 heavy (non-hydrogen) atoms. The summed E-state index contributed by atoms with van der Waals surface area (Å²) < 4.78 is 29.5. The average molecular weight is 470 g/mol. The number of benzene rings is 1. The van der Waals surface area contributed by atoms with Crippen molar-refractivity contribution < 1.29 is 18.0 Å². The van der Waals surface area contributed by atoms with E-state index >= 15 is 0 Å². The molecule has 1 amide bonds. The fraction of sp³-hybridized carbons (Fsp3) is 0.440. The zero-order valence-electron chi connectivity index (χ0n) is 19.4. The Hall–Kier alpha value is -2.55. The number of aromatic nitrogens is 1. The number of fused-ring (bicyclic) bond motifs is 1. The van der Waals surface area contributed by atoms with Gasteiger partial charge < -0.3 is 9.73 Å². The third-order valence-electron chi connectivity index (χ3n) is 6.14. The van der Waals surface area contributed by atoms with Crippen LogP contribution in [0.3, 0.4) is 0 Å². The largest absolute Gasteiger partial charge is 0.437 e. The molecule has 2 N–H and O–H groups in total. The lowest BCUT2D eigenvalue weighted by molar-refractivity contribution is 0.0964. The van der Waals surface area contributed by atoms with Gasteiger partial charge in [-0.3, -0.25) is 9.35 Å². The van der Waals surface area contributed by atoms with Crippen LogP contribution in [0.5, 0.6) is 0 Å². The van der Waals surface area contributed by atoms with Gasteiger partial charge in [-0.2, -0.15) is 4.31 Å². The van der Waals surface area contributed by atoms with E-state index in [1.165, 1.54) is 0 Å². The van der Waals surface area contributed by atoms with E-state index in [1.54, 1.807) is 11.4 Å². The Morgan fingerprint density at radius 3 is 2.61 bits per heavy atom. The molecule has 0 radical (unpaired) electrons. The molecule has 2 aromatic heterocycles. The summed E-state index contributed by atoms with van der Waals surface area (Å²) >= 11 is -2.08. The summed E-state index contributed by atoms with van der Waals surface area (Å²) in [7, 11) is 1.61. The molecular weight excluding hydrogens is 438 g/mol. The van der Waals surface area contributed by atoms with E-state index in [2.05, 4.69) is 12.2 Å². The smallest absolute Gasteiger partial charge is 0.255 e. The first-order chi connectivity index (χ1) is 15.9. The third-order valence-corrected chi connectivity index (χ3v) is 6.89. The number of amides is 1. The first kappa shape index (κ1) is 23.6. The van der Waals surface area contributed by atoms with Crippen LogP contribution in [-0.4, -0.2) is 37.6 Å². The van der Waals surface area contributed by atoms with Crippen LogP contribution >= 0.6 is 0 Å². The number of carbonyl (C=O) groups is 1. The molecule has 4 rings (SSSR count). The van der Waals surface area contributed by atoms with Gasteiger partial charge in [-0.25, -0.2) is 9.19 Å². The Balaban J connectivity index is 1.81. The quantitative estimate of drug-likeness (QED) is 0.315. The summed E-state index contributed by atoms with van der Waals surface area (Å²) in [4.78, 5) is 17.7. The van der Waals surface area contributed by atoms with Gasteiger partial charge in [0, 0.05) is 19.2 Å². The van der Waals surface area contributed by atoms with Gasteiger partial charge in [0.05, 0.1) is 23.2 Å². The Morgan fingerprint density at radius 2 is 2.00 bits per heavy atom. The standard InChI is InChI=1S/C25H31N3O4S/c1-4-5-6-13-28(33(30)31)15-21-19(17-11-12-17)14-20-22(24(29)26-3)23(32-25(20)27-21)18-9-7-16(2)8-10-18/h7-10,14,17H,4-6,11-13,15H2,1-3H3,(H,26,29)(H,30,31). The van der Waals surface area contributed by atoms with Crippen LogP contribution in [0.15, 0.2) is 34.7 Å². The normalized spacial score (nSPS) is 14.7. The summed E-state index contributed by atoms with van der Waals surface area (Å²) in [6.45, 7) is 4.91. The summed E-state index contributed by atoms with van der Waals surface area (Å²) in [5.74, 6) is 0.622. The lowest BCUT2D eigenvalue weighted by Crippen LogP contribution is -2.27. The van der Waals surface area contributed by atoms with Crippen LogP contribution in [0.25, 0.3) is 22.4 Å². The van der Waals surface area contributed by atoms with Gasteiger partial charge in [-0.1, -0.05) is 49.6 Å². The maximum Gasteiger partial charge on any atom is 0.255 e. The highest BCUT2D eigenvalue weighted by Gasteiger charge is 2.31. The van der Waals surface area contributed by atoms with E-state index in [0.717, 1.165) is 54.5 Å². The van der Waals surface area contributed by atoms with Crippen molar-refractivity contribution >= 4 is 28.3 Å². The van der Waals surface area contributed by atoms with E-state index in [4.69, 9.17) is 9.40 Å². The fourth-order valence-corrected chi connectivity index (χ4v) is 4.64. The highest BCUT2D eigenvalue weighted by atomic mass is 32.2. The molecule has 1 aliphatic carbocycles. The highest BCUT2D eigenvalue weighted by molar-refractivity contribution is 7.76. The number of pyridine rings is 1. The minimum Gasteiger partial charge on any atom is -0.437 e. The minimum atomic E-state index is -2.08. The van der Waals surface area contributed by atoms with Crippen molar-refractivity contribution in [1.82, 2.24) is 14.6 Å². The molecule has 3 aromatic rings. The van der Waals surface area contributed by atoms with Crippen molar-refractivity contribution in [3.8, 4) is 11.3 Å². The molecule has 1 unspecified atom stereocenters. The van der Waals surface area contributed by atoms with Crippen LogP contribution in [0.2, 0.25) is 0 Å². The number of rotatable bonds is 10. The van der Waals surface area contributed by atoms with Crippen LogP contribution in [0.4, 0.5) is 0 Å². The van der Waals surface area contributed by atoms with Crippen LogP contribution in [0.1, 0.15) is 72.1 Å². The Kier molecular flexibility index (Phi) is 7.26. The van der Waals surface area contributed by atoms with Gasteiger partial charge in [0.25, 0.3) is 5.91 Å². The van der Waals surface area contributed by atoms with E-state index in [0.29, 0.717) is 34.9 Å². The van der Waals surface area contributed by atoms with Crippen molar-refractivity contribution in [1.29, 1.82) is 0 Å². The maximum absolute atomic E-state index is 12.9. The predicted molar refractivity (Wildman–Crippen MR) is 130 cm³/mol. The summed E-state index contributed by atoms with van der Waals surface area (Å²) in [6.07, 6.45) is 5.00. The van der Waals surface area contributed by atoms with Gasteiger partial charge >= 0.3 is 0 Å². The van der Waals surface area contributed by atoms with Gasteiger partial charge in [-0.05, 0) is 43.7 Å². The zero-order chi connectivity index (χ0) is 23.5. The summed E-state index contributed by atoms with van der Waals surface area (Å²) in [5, 5.41) is 3.41. The van der Waals surface area contributed by atoms with E-state index < -0.39 is 11.3 Å². The fourth-order valence-electron chi connectivity index (χ4n) is 4.13. The van der Waals surface area contributed by atoms with Crippen LogP contribution in [-0.2, 0) is 17.8 Å². The lowest BCUT2D eigenvalue weighted by atomic mass is 10.0. The molecule has 1 aromatic carbocycles. The maximum atomic E-state index is 12.9. The van der Waals surface area contributed by atoms with Crippen molar-refractivity contribution in [3.63, 3.8) is 0 Å². The molecular formula is C25H31N3O4S. The number of hydrogen-bond donors (Lipinski definition) is 2. The molecule has 1 aliphatic rings. The molecule has 1 saturated carbocycles. The molecule has 2 heterocycles. The molecule has 8 heteroatoms. The third kappa shape index (κ3) is 5.18. The second-order valence-electron chi connectivity index (χ2n) is 8.70. The van der Waals surface area contributed by atoms with Gasteiger partial charge in [0.1, 0.15) is 5.76 Å². The zero-order valence-corrected chi connectivity index (χ0v) is 20.2. The average Bonchev–Trinajstić information content (AvgIpc) is 3.58. The molecule has 0 aliphatic heterocycles. The SMILES string of the molecule is CCCCCN(Cc1nc2oc(-c3ccc(C)cc3)c(C(=O)NC)c2cc1C1CC1)S(=O)O. The minimum absolute atomic E-state index is 0.224. The van der Waals surface area contributed by atoms with Crippen LogP contribution < -0.4 is 5.32 Å². The Labute approximate surface area is 197 Å². The second kappa shape index (κ2) is 10.2. The van der Waals surface area contributed by atoms with Crippen molar-refractivity contribution in [2.45, 2.75) is 58.4 Å². The number of aryl methyl sites for hydroxylation is 1. The number of nitrogens with one attached hydrogen (secondary N) is 1. The molecule has 0 spiro atoms. The number of furan rings is 1. The first-order valence-electron chi connectivity index (χ1n) is 11.5. The van der Waals surface area contributed by atoms with Crippen LogP contribution in [0, 0.1) is 6.92 Å². The van der Waals surface area contributed by atoms with Gasteiger partial charge in [0.15, 0.2) is 0 Å². The predicted octanol–water partition coefficient (Wildman–Crippen LogP) is 5.17. The monoisotopic (exact) mass is 469 g/mol. The topological polar surface area (TPSA) is 95.7 Å². The molecule has 1 fully saturated rings. The molecule has 7 nitrogen and oxygen atoms in total. The number of unbranched alkanes of at least 4 members (excludes halogenated alkanes) is 2. The number of hydrogen-bond acceptors (Lipinski definition) is 4. The van der Waals surface area contributed by atoms with Gasteiger partial charge in [0.2, 0.25) is 17.0 Å². The molecule has 1 atom stereocenters. The van der Waals surface area contributed by atoms with E-state index in [-0.39, 0.29) is 12.5 Å². The Bertz CT molecular complexity index is 1170. The lowest BCUT2D eigenvalue weighted by Gasteiger charge is -2.18. The van der Waals surface area contributed by atoms with Crippen molar-refractivity contribution in [3.05, 3.63) is 52.7 Å². The van der Waals surface area contributed by atoms with Gasteiger partial charge in [-0.15, -0.1) is 0 Å². The molecule has 176 valence electrons. The van der Waals surface area contributed by atoms with E-state index in [9.17, 15) is 13.6 Å². The van der Waals surface area contributed by atoms with E-state index in [1.807, 2.05) is 37.3 Å². The van der Waals surface area contributed by atoms with Crippen molar-refractivity contribution in [2.75, 3.05) is 13.6 Å². The second-order valence-corrected chi connectivity index (χ2v) is 9.68. The summed E-state index contributed by atoms with van der Waals surface area (Å²) in [6, 6.07) is 9.84. The highest BCUT2D eigenvalue weighted by Crippen LogP contribution is 2.44. The number of nitrogens with zero attached hydrogens (tertiary/aromatic N) is 2. The number of carbonyl (C=O) groups excluding carboxylic acids is 1. The van der Waals surface area contributed by atoms with Crippen molar-refractivity contribution in [2.24, 2.45) is 0 Å². The Morgan fingerprint density at radius 1 is 1.27 bits per heavy atom. The summed E-state index contributed by atoms with van der Waals surface area (Å²) in [5.41, 5.74) is 4.56. The molecule has 0 bridgehead atoms. The molecule has 0 saturated heterocycles.